The molecule has 0 fully saturated rings. The first-order valence-electron chi connectivity index (χ1n) is 5.34. The van der Waals surface area contributed by atoms with Crippen molar-refractivity contribution in [3.05, 3.63) is 28.7 Å². The van der Waals surface area contributed by atoms with Crippen molar-refractivity contribution in [2.75, 3.05) is 6.61 Å². The van der Waals surface area contributed by atoms with E-state index >= 15 is 0 Å². The number of para-hydroxylation sites is 1. The number of ether oxygens (including phenoxy) is 1. The smallest absolute Gasteiger partial charge is 0.286 e. The maximum atomic E-state index is 11.4. The lowest BCUT2D eigenvalue weighted by molar-refractivity contribution is -0.113. The lowest BCUT2D eigenvalue weighted by Gasteiger charge is -2.07. The predicted molar refractivity (Wildman–Crippen MR) is 71.5 cm³/mol. The Labute approximate surface area is 108 Å². The second-order valence-electron chi connectivity index (χ2n) is 3.49. The zero-order chi connectivity index (χ0) is 13.1. The number of amides is 1. The predicted octanol–water partition coefficient (Wildman–Crippen LogP) is 1.72. The van der Waals surface area contributed by atoms with Crippen LogP contribution < -0.4 is 10.5 Å². The second-order valence-corrected chi connectivity index (χ2v) is 4.56. The zero-order valence-corrected chi connectivity index (χ0v) is 10.5. The SMILES string of the molecule is CCOc1cccc(C=C2SC(N)=NC2=O)c1O. The van der Waals surface area contributed by atoms with Gasteiger partial charge in [-0.3, -0.25) is 4.79 Å². The molecule has 0 bridgehead atoms. The monoisotopic (exact) mass is 264 g/mol. The molecule has 0 aromatic heterocycles. The number of hydrogen-bond acceptors (Lipinski definition) is 5. The molecule has 0 spiro atoms. The minimum Gasteiger partial charge on any atom is -0.504 e. The Morgan fingerprint density at radius 2 is 2.33 bits per heavy atom. The van der Waals surface area contributed by atoms with Crippen LogP contribution >= 0.6 is 11.8 Å². The highest BCUT2D eigenvalue weighted by atomic mass is 32.2. The number of aliphatic imine (C=N–C) groups is 1. The van der Waals surface area contributed by atoms with Gasteiger partial charge in [-0.1, -0.05) is 12.1 Å². The van der Waals surface area contributed by atoms with Crippen molar-refractivity contribution >= 4 is 28.9 Å². The van der Waals surface area contributed by atoms with E-state index in [2.05, 4.69) is 4.99 Å². The van der Waals surface area contributed by atoms with Crippen LogP contribution in [0.15, 0.2) is 28.1 Å². The highest BCUT2D eigenvalue weighted by Gasteiger charge is 2.20. The van der Waals surface area contributed by atoms with E-state index in [0.717, 1.165) is 11.8 Å². The summed E-state index contributed by atoms with van der Waals surface area (Å²) in [4.78, 5) is 15.4. The molecule has 0 unspecified atom stereocenters. The van der Waals surface area contributed by atoms with Crippen molar-refractivity contribution < 1.29 is 14.6 Å². The van der Waals surface area contributed by atoms with E-state index in [1.807, 2.05) is 6.92 Å². The Hall–Kier alpha value is -1.95. The van der Waals surface area contributed by atoms with Crippen molar-refractivity contribution in [1.82, 2.24) is 0 Å². The molecule has 1 aromatic rings. The van der Waals surface area contributed by atoms with Crippen LogP contribution in [0.3, 0.4) is 0 Å². The molecule has 0 saturated heterocycles. The molecule has 0 saturated carbocycles. The van der Waals surface area contributed by atoms with Gasteiger partial charge in [0, 0.05) is 5.56 Å². The van der Waals surface area contributed by atoms with E-state index in [1.165, 1.54) is 0 Å². The number of phenols is 1. The molecule has 0 radical (unpaired) electrons. The van der Waals surface area contributed by atoms with Gasteiger partial charge in [0.05, 0.1) is 11.5 Å². The zero-order valence-electron chi connectivity index (χ0n) is 9.71. The highest BCUT2D eigenvalue weighted by Crippen LogP contribution is 2.34. The summed E-state index contributed by atoms with van der Waals surface area (Å²) in [5.41, 5.74) is 5.95. The molecule has 0 atom stereocenters. The quantitative estimate of drug-likeness (QED) is 0.812. The van der Waals surface area contributed by atoms with Crippen LogP contribution in [-0.4, -0.2) is 22.8 Å². The van der Waals surface area contributed by atoms with E-state index in [4.69, 9.17) is 10.5 Å². The summed E-state index contributed by atoms with van der Waals surface area (Å²) in [6.45, 7) is 2.28. The normalized spacial score (nSPS) is 17.1. The van der Waals surface area contributed by atoms with Gasteiger partial charge >= 0.3 is 0 Å². The van der Waals surface area contributed by atoms with Gasteiger partial charge in [0.25, 0.3) is 5.91 Å². The van der Waals surface area contributed by atoms with Gasteiger partial charge in [-0.05, 0) is 30.8 Å². The highest BCUT2D eigenvalue weighted by molar-refractivity contribution is 8.18. The standard InChI is InChI=1S/C12H12N2O3S/c1-2-17-8-5-3-4-7(10(8)15)6-9-11(16)14-12(13)18-9/h3-6,15H,2H2,1H3,(H2,13,14,16). The molecule has 5 nitrogen and oxygen atoms in total. The van der Waals surface area contributed by atoms with Crippen molar-refractivity contribution in [2.45, 2.75) is 6.92 Å². The number of hydrogen-bond donors (Lipinski definition) is 2. The maximum Gasteiger partial charge on any atom is 0.286 e. The number of phenolic OH excluding ortho intramolecular Hbond substituents is 1. The third-order valence-corrected chi connectivity index (χ3v) is 3.07. The van der Waals surface area contributed by atoms with Crippen molar-refractivity contribution in [1.29, 1.82) is 0 Å². The topological polar surface area (TPSA) is 84.9 Å². The van der Waals surface area contributed by atoms with Crippen molar-refractivity contribution in [2.24, 2.45) is 10.7 Å². The largest absolute Gasteiger partial charge is 0.504 e. The fraction of sp³-hybridized carbons (Fsp3) is 0.167. The van der Waals surface area contributed by atoms with Crippen molar-refractivity contribution in [3.63, 3.8) is 0 Å². The molecule has 1 heterocycles. The average Bonchev–Trinajstić information content (AvgIpc) is 2.63. The van der Waals surface area contributed by atoms with Crippen LogP contribution in [0.1, 0.15) is 12.5 Å². The van der Waals surface area contributed by atoms with Crippen LogP contribution in [0.4, 0.5) is 0 Å². The summed E-state index contributed by atoms with van der Waals surface area (Å²) in [6.07, 6.45) is 1.55. The van der Waals surface area contributed by atoms with Gasteiger partial charge in [0.2, 0.25) is 0 Å². The van der Waals surface area contributed by atoms with Gasteiger partial charge in [0.15, 0.2) is 16.7 Å². The minimum absolute atomic E-state index is 0.00530. The molecular formula is C12H12N2O3S. The fourth-order valence-electron chi connectivity index (χ4n) is 1.49. The summed E-state index contributed by atoms with van der Waals surface area (Å²) < 4.78 is 5.27. The molecule has 1 aromatic carbocycles. The maximum absolute atomic E-state index is 11.4. The Morgan fingerprint density at radius 1 is 1.56 bits per heavy atom. The Kier molecular flexibility index (Phi) is 3.57. The number of amidine groups is 1. The van der Waals surface area contributed by atoms with E-state index in [9.17, 15) is 9.90 Å². The summed E-state index contributed by atoms with van der Waals surface area (Å²) in [5, 5.41) is 10.2. The van der Waals surface area contributed by atoms with Gasteiger partial charge < -0.3 is 15.6 Å². The number of rotatable bonds is 3. The van der Waals surface area contributed by atoms with E-state index in [0.29, 0.717) is 22.8 Å². The molecule has 1 amide bonds. The third-order valence-electron chi connectivity index (χ3n) is 2.25. The molecule has 18 heavy (non-hydrogen) atoms. The fourth-order valence-corrected chi connectivity index (χ4v) is 2.17. The second kappa shape index (κ2) is 5.14. The van der Waals surface area contributed by atoms with Crippen LogP contribution in [0.5, 0.6) is 11.5 Å². The Bertz CT molecular complexity index is 552. The first-order valence-corrected chi connectivity index (χ1v) is 6.16. The third kappa shape index (κ3) is 2.48. The van der Waals surface area contributed by atoms with Gasteiger partial charge in [-0.2, -0.15) is 4.99 Å². The number of aromatic hydroxyl groups is 1. The molecule has 94 valence electrons. The van der Waals surface area contributed by atoms with Crippen LogP contribution in [0.2, 0.25) is 0 Å². The average molecular weight is 264 g/mol. The molecule has 1 aliphatic heterocycles. The molecule has 1 aliphatic rings. The summed E-state index contributed by atoms with van der Waals surface area (Å²) in [7, 11) is 0. The Morgan fingerprint density at radius 3 is 2.94 bits per heavy atom. The number of benzene rings is 1. The van der Waals surface area contributed by atoms with Crippen molar-refractivity contribution in [3.8, 4) is 11.5 Å². The lowest BCUT2D eigenvalue weighted by Crippen LogP contribution is -2.01. The minimum atomic E-state index is -0.390. The van der Waals surface area contributed by atoms with Gasteiger partial charge in [-0.25, -0.2) is 0 Å². The number of nitrogens with zero attached hydrogens (tertiary/aromatic N) is 1. The van der Waals surface area contributed by atoms with Crippen LogP contribution in [-0.2, 0) is 4.79 Å². The molecular weight excluding hydrogens is 252 g/mol. The molecule has 6 heteroatoms. The summed E-state index contributed by atoms with van der Waals surface area (Å²) in [6, 6.07) is 5.09. The molecule has 3 N–H and O–H groups in total. The summed E-state index contributed by atoms with van der Waals surface area (Å²) in [5.74, 6) is 0.000575. The Balaban J connectivity index is 2.33. The summed E-state index contributed by atoms with van der Waals surface area (Å²) >= 11 is 1.08. The molecule has 2 rings (SSSR count). The number of thioether (sulfide) groups is 1. The van der Waals surface area contributed by atoms with Gasteiger partial charge in [0.1, 0.15) is 0 Å². The first-order chi connectivity index (χ1) is 8.61. The number of carbonyl (C=O) groups is 1. The van der Waals surface area contributed by atoms with Crippen LogP contribution in [0, 0.1) is 0 Å². The number of carbonyl (C=O) groups excluding carboxylic acids is 1. The van der Waals surface area contributed by atoms with Gasteiger partial charge in [-0.15, -0.1) is 0 Å². The van der Waals surface area contributed by atoms with E-state index < -0.39 is 5.91 Å². The molecule has 0 aliphatic carbocycles. The number of nitrogens with two attached hydrogens (primary N) is 1. The van der Waals surface area contributed by atoms with E-state index in [1.54, 1.807) is 24.3 Å². The van der Waals surface area contributed by atoms with E-state index in [-0.39, 0.29) is 10.9 Å². The lowest BCUT2D eigenvalue weighted by atomic mass is 10.1. The first kappa shape index (κ1) is 12.5. The van der Waals surface area contributed by atoms with Crippen LogP contribution in [0.25, 0.3) is 6.08 Å².